The molecule has 0 atom stereocenters. The Labute approximate surface area is 94.8 Å². The van der Waals surface area contributed by atoms with Gasteiger partial charge in [-0.2, -0.15) is 5.10 Å². The third kappa shape index (κ3) is 2.28. The Bertz CT molecular complexity index is 480. The minimum Gasteiger partial charge on any atom is -0.409 e. The molecule has 0 fully saturated rings. The second-order valence-electron chi connectivity index (χ2n) is 2.76. The molecule has 0 amide bonds. The van der Waals surface area contributed by atoms with Crippen LogP contribution in [0.4, 0.5) is 0 Å². The van der Waals surface area contributed by atoms with Crippen LogP contribution in [0, 0.1) is 0 Å². The average molecular weight is 236 g/mol. The number of nitrogens with two attached hydrogens (primary N) is 1. The van der Waals surface area contributed by atoms with Crippen molar-refractivity contribution in [1.82, 2.24) is 20.2 Å². The lowest BCUT2D eigenvalue weighted by molar-refractivity contribution is 0.318. The van der Waals surface area contributed by atoms with E-state index in [-0.39, 0.29) is 5.84 Å². The maximum atomic E-state index is 8.46. The highest BCUT2D eigenvalue weighted by Crippen LogP contribution is 2.22. The SMILES string of the molecule is N/C(=N/O)c1ccc(Sc2ncn[nH]2)cn1. The van der Waals surface area contributed by atoms with E-state index in [1.54, 1.807) is 18.3 Å². The van der Waals surface area contributed by atoms with Crippen LogP contribution in [0.2, 0.25) is 0 Å². The van der Waals surface area contributed by atoms with E-state index in [1.165, 1.54) is 18.1 Å². The molecule has 0 aliphatic rings. The first kappa shape index (κ1) is 10.4. The van der Waals surface area contributed by atoms with E-state index in [1.807, 2.05) is 0 Å². The van der Waals surface area contributed by atoms with Gasteiger partial charge in [0.1, 0.15) is 12.0 Å². The van der Waals surface area contributed by atoms with Crippen LogP contribution in [0.25, 0.3) is 0 Å². The maximum Gasteiger partial charge on any atom is 0.188 e. The Kier molecular flexibility index (Phi) is 3.01. The van der Waals surface area contributed by atoms with Crippen LogP contribution < -0.4 is 5.73 Å². The van der Waals surface area contributed by atoms with Gasteiger partial charge in [0.05, 0.1) is 0 Å². The van der Waals surface area contributed by atoms with Gasteiger partial charge in [0.25, 0.3) is 0 Å². The van der Waals surface area contributed by atoms with Crippen LogP contribution in [0.15, 0.2) is 39.9 Å². The summed E-state index contributed by atoms with van der Waals surface area (Å²) in [5, 5.41) is 18.4. The molecule has 0 radical (unpaired) electrons. The topological polar surface area (TPSA) is 113 Å². The van der Waals surface area contributed by atoms with E-state index in [2.05, 4.69) is 25.3 Å². The number of hydrogen-bond acceptors (Lipinski definition) is 6. The number of pyridine rings is 1. The van der Waals surface area contributed by atoms with Crippen LogP contribution in [-0.4, -0.2) is 31.2 Å². The van der Waals surface area contributed by atoms with Crippen molar-refractivity contribution in [2.75, 3.05) is 0 Å². The minimum absolute atomic E-state index is 0.0174. The third-order valence-electron chi connectivity index (χ3n) is 1.71. The highest BCUT2D eigenvalue weighted by atomic mass is 32.2. The quantitative estimate of drug-likeness (QED) is 0.308. The van der Waals surface area contributed by atoms with Gasteiger partial charge in [-0.1, -0.05) is 5.16 Å². The molecular weight excluding hydrogens is 228 g/mol. The Morgan fingerprint density at radius 3 is 2.88 bits per heavy atom. The Morgan fingerprint density at radius 2 is 2.31 bits per heavy atom. The number of aromatic amines is 1. The lowest BCUT2D eigenvalue weighted by Gasteiger charge is -1.99. The molecule has 8 heteroatoms. The summed E-state index contributed by atoms with van der Waals surface area (Å²) < 4.78 is 0. The van der Waals surface area contributed by atoms with E-state index >= 15 is 0 Å². The molecule has 2 aromatic heterocycles. The molecule has 7 nitrogen and oxygen atoms in total. The molecular formula is C8H8N6OS. The van der Waals surface area contributed by atoms with E-state index in [0.717, 1.165) is 4.90 Å². The first-order valence-electron chi connectivity index (χ1n) is 4.27. The molecule has 4 N–H and O–H groups in total. The zero-order chi connectivity index (χ0) is 11.4. The van der Waals surface area contributed by atoms with Crippen LogP contribution in [0.3, 0.4) is 0 Å². The number of oxime groups is 1. The number of nitrogens with one attached hydrogen (secondary N) is 1. The largest absolute Gasteiger partial charge is 0.409 e. The predicted molar refractivity (Wildman–Crippen MR) is 57.3 cm³/mol. The van der Waals surface area contributed by atoms with Crippen molar-refractivity contribution in [2.45, 2.75) is 10.1 Å². The zero-order valence-electron chi connectivity index (χ0n) is 8.03. The molecule has 0 aliphatic carbocycles. The first-order chi connectivity index (χ1) is 7.79. The Morgan fingerprint density at radius 1 is 1.44 bits per heavy atom. The van der Waals surface area contributed by atoms with Crippen molar-refractivity contribution in [2.24, 2.45) is 10.9 Å². The van der Waals surface area contributed by atoms with Crippen molar-refractivity contribution < 1.29 is 5.21 Å². The van der Waals surface area contributed by atoms with Gasteiger partial charge < -0.3 is 10.9 Å². The zero-order valence-corrected chi connectivity index (χ0v) is 8.85. The maximum absolute atomic E-state index is 8.46. The van der Waals surface area contributed by atoms with Crippen LogP contribution in [0.1, 0.15) is 5.69 Å². The van der Waals surface area contributed by atoms with Crippen molar-refractivity contribution in [3.8, 4) is 0 Å². The van der Waals surface area contributed by atoms with Crippen LogP contribution >= 0.6 is 11.8 Å². The van der Waals surface area contributed by atoms with Gasteiger partial charge in [-0.15, -0.1) is 0 Å². The summed E-state index contributed by atoms with van der Waals surface area (Å²) >= 11 is 1.39. The smallest absolute Gasteiger partial charge is 0.188 e. The lowest BCUT2D eigenvalue weighted by Crippen LogP contribution is -2.14. The molecule has 0 bridgehead atoms. The highest BCUT2D eigenvalue weighted by Gasteiger charge is 2.03. The molecule has 2 rings (SSSR count). The van der Waals surface area contributed by atoms with E-state index in [0.29, 0.717) is 10.9 Å². The predicted octanol–water partition coefficient (Wildman–Crippen LogP) is 0.445. The molecule has 82 valence electrons. The molecule has 0 aliphatic heterocycles. The summed E-state index contributed by atoms with van der Waals surface area (Å²) in [4.78, 5) is 8.88. The van der Waals surface area contributed by atoms with E-state index in [4.69, 9.17) is 10.9 Å². The van der Waals surface area contributed by atoms with Crippen molar-refractivity contribution >= 4 is 17.6 Å². The van der Waals surface area contributed by atoms with Gasteiger partial charge in [0.15, 0.2) is 11.0 Å². The fourth-order valence-corrected chi connectivity index (χ4v) is 1.66. The number of hydrogen-bond donors (Lipinski definition) is 3. The summed E-state index contributed by atoms with van der Waals surface area (Å²) in [5.74, 6) is -0.0174. The molecule has 0 saturated carbocycles. The number of aromatic nitrogens is 4. The highest BCUT2D eigenvalue weighted by molar-refractivity contribution is 7.99. The standard InChI is InChI=1S/C8H8N6OS/c9-7(14-15)6-2-1-5(3-10-6)16-8-11-4-12-13-8/h1-4,15H,(H2,9,14)(H,11,12,13). The summed E-state index contributed by atoms with van der Waals surface area (Å²) in [6.07, 6.45) is 3.04. The summed E-state index contributed by atoms with van der Waals surface area (Å²) in [5.41, 5.74) is 5.80. The van der Waals surface area contributed by atoms with Gasteiger partial charge >= 0.3 is 0 Å². The van der Waals surface area contributed by atoms with Gasteiger partial charge in [-0.25, -0.2) is 4.98 Å². The van der Waals surface area contributed by atoms with Crippen molar-refractivity contribution in [1.29, 1.82) is 0 Å². The second kappa shape index (κ2) is 4.62. The van der Waals surface area contributed by atoms with Crippen LogP contribution in [0.5, 0.6) is 0 Å². The molecule has 16 heavy (non-hydrogen) atoms. The number of H-pyrrole nitrogens is 1. The number of amidine groups is 1. The van der Waals surface area contributed by atoms with E-state index in [9.17, 15) is 0 Å². The van der Waals surface area contributed by atoms with Crippen molar-refractivity contribution in [3.05, 3.63) is 30.4 Å². The molecule has 0 unspecified atom stereocenters. The fourth-order valence-electron chi connectivity index (χ4n) is 0.998. The minimum atomic E-state index is -0.0174. The van der Waals surface area contributed by atoms with Gasteiger partial charge in [-0.3, -0.25) is 10.1 Å². The monoisotopic (exact) mass is 236 g/mol. The summed E-state index contributed by atoms with van der Waals surface area (Å²) in [6.45, 7) is 0. The normalized spacial score (nSPS) is 11.6. The van der Waals surface area contributed by atoms with Crippen LogP contribution in [-0.2, 0) is 0 Å². The molecule has 0 spiro atoms. The second-order valence-corrected chi connectivity index (χ2v) is 3.82. The average Bonchev–Trinajstić information content (AvgIpc) is 2.82. The van der Waals surface area contributed by atoms with Gasteiger partial charge in [-0.05, 0) is 23.9 Å². The molecule has 0 aromatic carbocycles. The Balaban J connectivity index is 2.14. The summed E-state index contributed by atoms with van der Waals surface area (Å²) in [6, 6.07) is 3.46. The fraction of sp³-hybridized carbons (Fsp3) is 0. The van der Waals surface area contributed by atoms with Crippen molar-refractivity contribution in [3.63, 3.8) is 0 Å². The lowest BCUT2D eigenvalue weighted by atomic mass is 10.3. The van der Waals surface area contributed by atoms with Gasteiger partial charge in [0, 0.05) is 11.1 Å². The first-order valence-corrected chi connectivity index (χ1v) is 5.08. The third-order valence-corrected chi connectivity index (χ3v) is 2.58. The number of nitrogens with zero attached hydrogens (tertiary/aromatic N) is 4. The molecule has 0 saturated heterocycles. The number of rotatable bonds is 3. The molecule has 2 heterocycles. The Hall–Kier alpha value is -2.09. The van der Waals surface area contributed by atoms with Gasteiger partial charge in [0.2, 0.25) is 0 Å². The summed E-state index contributed by atoms with van der Waals surface area (Å²) in [7, 11) is 0. The molecule has 2 aromatic rings. The van der Waals surface area contributed by atoms with E-state index < -0.39 is 0 Å².